The smallest absolute Gasteiger partial charge is 0.331 e. The number of carbonyl (C=O) groups is 3. The van der Waals surface area contributed by atoms with Gasteiger partial charge < -0.3 is 14.2 Å². The fraction of sp³-hybridized carbons (Fsp3) is 0.136. The second-order valence-corrected chi connectivity index (χ2v) is 5.67. The van der Waals surface area contributed by atoms with Crippen LogP contribution in [-0.2, 0) is 19.1 Å². The van der Waals surface area contributed by atoms with Gasteiger partial charge in [-0.25, -0.2) is 4.79 Å². The van der Waals surface area contributed by atoms with Gasteiger partial charge in [0.25, 0.3) is 0 Å². The van der Waals surface area contributed by atoms with Crippen LogP contribution in [0.4, 0.5) is 0 Å². The first-order chi connectivity index (χ1) is 13.4. The van der Waals surface area contributed by atoms with E-state index in [9.17, 15) is 14.4 Å². The molecule has 0 aliphatic carbocycles. The van der Waals surface area contributed by atoms with Gasteiger partial charge in [-0.15, -0.1) is 0 Å². The summed E-state index contributed by atoms with van der Waals surface area (Å²) in [4.78, 5) is 34.1. The molecule has 0 saturated heterocycles. The molecule has 0 aromatic heterocycles. The lowest BCUT2D eigenvalue weighted by Crippen LogP contribution is -2.07. The molecule has 0 aliphatic heterocycles. The average molecular weight is 380 g/mol. The maximum absolute atomic E-state index is 11.8. The van der Waals surface area contributed by atoms with E-state index >= 15 is 0 Å². The number of benzene rings is 2. The fourth-order valence-electron chi connectivity index (χ4n) is 2.19. The summed E-state index contributed by atoms with van der Waals surface area (Å²) in [6.07, 6.45) is 6.37. The van der Waals surface area contributed by atoms with Gasteiger partial charge in [0.05, 0.1) is 0 Å². The van der Waals surface area contributed by atoms with Crippen LogP contribution in [0.3, 0.4) is 0 Å². The van der Waals surface area contributed by atoms with Crippen molar-refractivity contribution in [2.75, 3.05) is 6.61 Å². The highest BCUT2D eigenvalue weighted by molar-refractivity contribution is 5.87. The van der Waals surface area contributed by atoms with Crippen LogP contribution in [-0.4, -0.2) is 24.5 Å². The number of ether oxygens (including phenoxy) is 3. The van der Waals surface area contributed by atoms with Gasteiger partial charge in [0.1, 0.15) is 6.61 Å². The third-order valence-corrected chi connectivity index (χ3v) is 3.32. The summed E-state index contributed by atoms with van der Waals surface area (Å²) in [6.45, 7) is 2.62. The van der Waals surface area contributed by atoms with Crippen LogP contribution in [0.1, 0.15) is 25.0 Å². The zero-order valence-corrected chi connectivity index (χ0v) is 15.6. The molecule has 0 N–H and O–H groups in total. The van der Waals surface area contributed by atoms with Crippen molar-refractivity contribution in [2.24, 2.45) is 0 Å². The van der Waals surface area contributed by atoms with Gasteiger partial charge in [0, 0.05) is 19.9 Å². The molecule has 0 saturated carbocycles. The molecule has 2 aromatic carbocycles. The first-order valence-corrected chi connectivity index (χ1v) is 8.51. The van der Waals surface area contributed by atoms with Crippen molar-refractivity contribution in [1.82, 2.24) is 0 Å². The van der Waals surface area contributed by atoms with E-state index in [-0.39, 0.29) is 18.1 Å². The van der Waals surface area contributed by atoms with E-state index in [0.717, 1.165) is 5.56 Å². The summed E-state index contributed by atoms with van der Waals surface area (Å²) in [5.74, 6) is -1.41. The van der Waals surface area contributed by atoms with Crippen LogP contribution in [0, 0.1) is 0 Å². The van der Waals surface area contributed by atoms with Gasteiger partial charge in [-0.2, -0.15) is 0 Å². The minimum absolute atomic E-state index is 0.0870. The lowest BCUT2D eigenvalue weighted by molar-refractivity contribution is -0.136. The van der Waals surface area contributed by atoms with Crippen LogP contribution in [0.25, 0.3) is 12.2 Å². The Bertz CT molecular complexity index is 896. The fourth-order valence-corrected chi connectivity index (χ4v) is 2.19. The van der Waals surface area contributed by atoms with Gasteiger partial charge in [0.2, 0.25) is 0 Å². The SMILES string of the molecule is CC(=O)Oc1ccc(C=CC(=O)OCC=Cc2ccccc2)cc1OC(C)=O. The Labute approximate surface area is 163 Å². The van der Waals surface area contributed by atoms with Gasteiger partial charge in [-0.3, -0.25) is 9.59 Å². The summed E-state index contributed by atoms with van der Waals surface area (Å²) in [5, 5.41) is 0. The van der Waals surface area contributed by atoms with E-state index in [4.69, 9.17) is 14.2 Å². The van der Waals surface area contributed by atoms with Crippen molar-refractivity contribution in [3.05, 3.63) is 71.8 Å². The largest absolute Gasteiger partial charge is 0.458 e. The topological polar surface area (TPSA) is 78.9 Å². The quantitative estimate of drug-likeness (QED) is 0.413. The molecule has 0 fully saturated rings. The third-order valence-electron chi connectivity index (χ3n) is 3.32. The minimum atomic E-state index is -0.556. The zero-order chi connectivity index (χ0) is 20.4. The van der Waals surface area contributed by atoms with Gasteiger partial charge in [-0.1, -0.05) is 42.5 Å². The lowest BCUT2D eigenvalue weighted by Gasteiger charge is -2.09. The van der Waals surface area contributed by atoms with E-state index in [1.165, 1.54) is 38.1 Å². The normalized spacial score (nSPS) is 10.8. The van der Waals surface area contributed by atoms with E-state index in [2.05, 4.69) is 0 Å². The first-order valence-electron chi connectivity index (χ1n) is 8.51. The van der Waals surface area contributed by atoms with Gasteiger partial charge in [0.15, 0.2) is 11.5 Å². The number of carbonyl (C=O) groups excluding carboxylic acids is 3. The molecule has 2 aromatic rings. The van der Waals surface area contributed by atoms with Crippen molar-refractivity contribution in [2.45, 2.75) is 13.8 Å². The molecule has 0 spiro atoms. The van der Waals surface area contributed by atoms with Crippen LogP contribution < -0.4 is 9.47 Å². The predicted molar refractivity (Wildman–Crippen MR) is 105 cm³/mol. The van der Waals surface area contributed by atoms with Crippen LogP contribution >= 0.6 is 0 Å². The standard InChI is InChI=1S/C22H20O6/c1-16(23)27-20-12-10-19(15-21(20)28-17(2)24)11-13-22(25)26-14-6-9-18-7-4-3-5-8-18/h3-13,15H,14H2,1-2H3. The zero-order valence-electron chi connectivity index (χ0n) is 15.6. The second-order valence-electron chi connectivity index (χ2n) is 5.67. The Balaban J connectivity index is 1.96. The molecule has 0 bridgehead atoms. The molecule has 6 heteroatoms. The maximum atomic E-state index is 11.8. The Morgan fingerprint density at radius 3 is 2.18 bits per heavy atom. The Morgan fingerprint density at radius 2 is 1.50 bits per heavy atom. The Kier molecular flexibility index (Phi) is 7.72. The van der Waals surface area contributed by atoms with Crippen LogP contribution in [0.2, 0.25) is 0 Å². The minimum Gasteiger partial charge on any atom is -0.458 e. The monoisotopic (exact) mass is 380 g/mol. The van der Waals surface area contributed by atoms with Crippen molar-refractivity contribution in [3.63, 3.8) is 0 Å². The molecule has 0 aliphatic rings. The van der Waals surface area contributed by atoms with Crippen molar-refractivity contribution in [3.8, 4) is 11.5 Å². The van der Waals surface area contributed by atoms with Crippen molar-refractivity contribution >= 4 is 30.1 Å². The van der Waals surface area contributed by atoms with Crippen LogP contribution in [0.15, 0.2) is 60.7 Å². The summed E-state index contributed by atoms with van der Waals surface area (Å²) in [7, 11) is 0. The summed E-state index contributed by atoms with van der Waals surface area (Å²) in [5.41, 5.74) is 1.59. The number of esters is 3. The highest BCUT2D eigenvalue weighted by atomic mass is 16.6. The number of rotatable bonds is 7. The van der Waals surface area contributed by atoms with Crippen molar-refractivity contribution in [1.29, 1.82) is 0 Å². The Hall–Kier alpha value is -3.67. The predicted octanol–water partition coefficient (Wildman–Crippen LogP) is 3.81. The molecular formula is C22H20O6. The molecule has 144 valence electrons. The summed E-state index contributed by atoms with van der Waals surface area (Å²) >= 11 is 0. The van der Waals surface area contributed by atoms with E-state index in [1.807, 2.05) is 36.4 Å². The van der Waals surface area contributed by atoms with E-state index < -0.39 is 17.9 Å². The van der Waals surface area contributed by atoms with E-state index in [0.29, 0.717) is 5.56 Å². The number of hydrogen-bond acceptors (Lipinski definition) is 6. The van der Waals surface area contributed by atoms with Crippen LogP contribution in [0.5, 0.6) is 11.5 Å². The molecule has 2 rings (SSSR count). The average Bonchev–Trinajstić information content (AvgIpc) is 2.65. The molecular weight excluding hydrogens is 360 g/mol. The van der Waals surface area contributed by atoms with E-state index in [1.54, 1.807) is 12.1 Å². The van der Waals surface area contributed by atoms with Gasteiger partial charge in [-0.05, 0) is 35.4 Å². The highest BCUT2D eigenvalue weighted by Gasteiger charge is 2.10. The second kappa shape index (κ2) is 10.5. The van der Waals surface area contributed by atoms with Crippen molar-refractivity contribution < 1.29 is 28.6 Å². The molecule has 0 atom stereocenters. The maximum Gasteiger partial charge on any atom is 0.331 e. The first kappa shape index (κ1) is 20.6. The summed E-state index contributed by atoms with van der Waals surface area (Å²) in [6, 6.07) is 14.2. The lowest BCUT2D eigenvalue weighted by atomic mass is 10.2. The highest BCUT2D eigenvalue weighted by Crippen LogP contribution is 2.29. The molecule has 0 heterocycles. The third kappa shape index (κ3) is 7.29. The molecule has 6 nitrogen and oxygen atoms in total. The molecule has 0 radical (unpaired) electrons. The van der Waals surface area contributed by atoms with Gasteiger partial charge >= 0.3 is 17.9 Å². The molecule has 0 unspecified atom stereocenters. The summed E-state index contributed by atoms with van der Waals surface area (Å²) < 4.78 is 15.1. The molecule has 28 heavy (non-hydrogen) atoms. The number of hydrogen-bond donors (Lipinski definition) is 0. The Morgan fingerprint density at radius 1 is 0.821 bits per heavy atom. The molecule has 0 amide bonds.